The van der Waals surface area contributed by atoms with E-state index in [1.807, 2.05) is 0 Å². The molecule has 6 nitrogen and oxygen atoms in total. The zero-order valence-electron chi connectivity index (χ0n) is 24.0. The van der Waals surface area contributed by atoms with E-state index in [1.54, 1.807) is 6.92 Å². The van der Waals surface area contributed by atoms with E-state index in [2.05, 4.69) is 10.2 Å². The van der Waals surface area contributed by atoms with Gasteiger partial charge in [0.2, 0.25) is 11.8 Å². The minimum Gasteiger partial charge on any atom is -0.353 e. The van der Waals surface area contributed by atoms with Gasteiger partial charge in [0.15, 0.2) is 9.84 Å². The van der Waals surface area contributed by atoms with Crippen molar-refractivity contribution in [3.05, 3.63) is 0 Å². The highest BCUT2D eigenvalue weighted by Crippen LogP contribution is 2.33. The summed E-state index contributed by atoms with van der Waals surface area (Å²) < 4.78 is 24.3. The number of sulfone groups is 1. The lowest BCUT2D eigenvalue weighted by Gasteiger charge is -2.37. The Morgan fingerprint density at radius 1 is 0.684 bits per heavy atom. The highest BCUT2D eigenvalue weighted by atomic mass is 32.2. The molecule has 38 heavy (non-hydrogen) atoms. The molecule has 4 aliphatic rings. The standard InChI is InChI=1S/C31H54N2O4S/c1-2-38(36,37)29-19-13-24(14-20-29)21-30(34)32-28-17-15-27(16-18-28)31(35)33(22-25-9-5-3-6-10-25)23-26-11-7-4-8-12-26/h24-29H,2-23H2,1H3,(H,32,34). The quantitative estimate of drug-likeness (QED) is 0.360. The van der Waals surface area contributed by atoms with E-state index >= 15 is 0 Å². The van der Waals surface area contributed by atoms with Crippen molar-refractivity contribution in [3.63, 3.8) is 0 Å². The van der Waals surface area contributed by atoms with Crippen molar-refractivity contribution in [2.45, 2.75) is 140 Å². The third kappa shape index (κ3) is 8.69. The molecule has 4 aliphatic carbocycles. The highest BCUT2D eigenvalue weighted by molar-refractivity contribution is 7.92. The Kier molecular flexibility index (Phi) is 11.4. The SMILES string of the molecule is CCS(=O)(=O)C1CCC(CC(=O)NC2CCC(C(=O)N(CC3CCCCC3)CC3CCCCC3)CC2)CC1. The van der Waals surface area contributed by atoms with E-state index in [0.29, 0.717) is 42.9 Å². The number of hydrogen-bond donors (Lipinski definition) is 1. The van der Waals surface area contributed by atoms with Crippen LogP contribution in [0.5, 0.6) is 0 Å². The van der Waals surface area contributed by atoms with Crippen LogP contribution in [0.4, 0.5) is 0 Å². The maximum atomic E-state index is 13.8. The van der Waals surface area contributed by atoms with Crippen molar-refractivity contribution in [2.24, 2.45) is 23.7 Å². The summed E-state index contributed by atoms with van der Waals surface area (Å²) >= 11 is 0. The third-order valence-corrected chi connectivity index (χ3v) is 12.6. The number of nitrogens with one attached hydrogen (secondary N) is 1. The van der Waals surface area contributed by atoms with E-state index < -0.39 is 9.84 Å². The molecule has 218 valence electrons. The molecule has 0 unspecified atom stereocenters. The fourth-order valence-corrected chi connectivity index (χ4v) is 9.30. The molecule has 4 fully saturated rings. The summed E-state index contributed by atoms with van der Waals surface area (Å²) in [6.45, 7) is 3.66. The van der Waals surface area contributed by atoms with Crippen molar-refractivity contribution in [2.75, 3.05) is 18.8 Å². The van der Waals surface area contributed by atoms with Gasteiger partial charge in [-0.3, -0.25) is 9.59 Å². The predicted molar refractivity (Wildman–Crippen MR) is 153 cm³/mol. The molecule has 0 heterocycles. The first-order chi connectivity index (χ1) is 18.3. The van der Waals surface area contributed by atoms with Crippen LogP contribution in [0.3, 0.4) is 0 Å². The van der Waals surface area contributed by atoms with Crippen LogP contribution in [0.15, 0.2) is 0 Å². The molecule has 0 spiro atoms. The van der Waals surface area contributed by atoms with Crippen LogP contribution < -0.4 is 5.32 Å². The summed E-state index contributed by atoms with van der Waals surface area (Å²) in [6, 6.07) is 0.175. The van der Waals surface area contributed by atoms with Crippen molar-refractivity contribution in [3.8, 4) is 0 Å². The van der Waals surface area contributed by atoms with Crippen LogP contribution in [0.25, 0.3) is 0 Å². The van der Waals surface area contributed by atoms with Gasteiger partial charge in [0.25, 0.3) is 0 Å². The molecule has 4 saturated carbocycles. The minimum atomic E-state index is -2.96. The Hall–Kier alpha value is -1.11. The maximum absolute atomic E-state index is 13.8. The molecule has 0 saturated heterocycles. The van der Waals surface area contributed by atoms with E-state index in [0.717, 1.165) is 51.6 Å². The van der Waals surface area contributed by atoms with Gasteiger partial charge in [-0.2, -0.15) is 0 Å². The Labute approximate surface area is 232 Å². The molecular weight excluding hydrogens is 496 g/mol. The maximum Gasteiger partial charge on any atom is 0.225 e. The smallest absolute Gasteiger partial charge is 0.225 e. The molecule has 0 atom stereocenters. The fourth-order valence-electron chi connectivity index (χ4n) is 7.84. The number of nitrogens with zero attached hydrogens (tertiary/aromatic N) is 1. The molecule has 4 rings (SSSR count). The monoisotopic (exact) mass is 550 g/mol. The van der Waals surface area contributed by atoms with Gasteiger partial charge >= 0.3 is 0 Å². The normalized spacial score (nSPS) is 30.0. The van der Waals surface area contributed by atoms with Crippen LogP contribution in [-0.4, -0.2) is 55.3 Å². The van der Waals surface area contributed by atoms with Gasteiger partial charge in [0.1, 0.15) is 0 Å². The lowest BCUT2D eigenvalue weighted by molar-refractivity contribution is -0.138. The van der Waals surface area contributed by atoms with Crippen molar-refractivity contribution in [1.82, 2.24) is 10.2 Å². The first-order valence-electron chi connectivity index (χ1n) is 16.1. The minimum absolute atomic E-state index is 0.109. The molecule has 7 heteroatoms. The summed E-state index contributed by atoms with van der Waals surface area (Å²) in [4.78, 5) is 28.8. The van der Waals surface area contributed by atoms with E-state index in [-0.39, 0.29) is 28.9 Å². The summed E-state index contributed by atoms with van der Waals surface area (Å²) in [7, 11) is -2.96. The van der Waals surface area contributed by atoms with Gasteiger partial charge in [-0.25, -0.2) is 8.42 Å². The van der Waals surface area contributed by atoms with Gasteiger partial charge < -0.3 is 10.2 Å². The summed E-state index contributed by atoms with van der Waals surface area (Å²) in [5, 5.41) is 3.04. The number of rotatable bonds is 10. The van der Waals surface area contributed by atoms with Crippen LogP contribution >= 0.6 is 0 Å². The molecule has 0 aromatic heterocycles. The Morgan fingerprint density at radius 3 is 1.71 bits per heavy atom. The second-order valence-corrected chi connectivity index (χ2v) is 15.7. The average Bonchev–Trinajstić information content (AvgIpc) is 2.94. The molecule has 0 aliphatic heterocycles. The lowest BCUT2D eigenvalue weighted by atomic mass is 9.83. The number of carbonyl (C=O) groups is 2. The van der Waals surface area contributed by atoms with Gasteiger partial charge in [-0.05, 0) is 94.8 Å². The van der Waals surface area contributed by atoms with Crippen LogP contribution in [0, 0.1) is 23.7 Å². The van der Waals surface area contributed by atoms with Gasteiger partial charge in [-0.1, -0.05) is 45.4 Å². The molecule has 1 N–H and O–H groups in total. The number of hydrogen-bond acceptors (Lipinski definition) is 4. The number of carbonyl (C=O) groups excluding carboxylic acids is 2. The second-order valence-electron chi connectivity index (χ2n) is 13.2. The van der Waals surface area contributed by atoms with E-state index in [1.165, 1.54) is 64.2 Å². The molecule has 0 bridgehead atoms. The summed E-state index contributed by atoms with van der Waals surface area (Å²) in [5.41, 5.74) is 0. The van der Waals surface area contributed by atoms with Gasteiger partial charge in [-0.15, -0.1) is 0 Å². The first-order valence-corrected chi connectivity index (χ1v) is 17.8. The Balaban J connectivity index is 1.21. The van der Waals surface area contributed by atoms with Gasteiger partial charge in [0.05, 0.1) is 5.25 Å². The zero-order valence-corrected chi connectivity index (χ0v) is 24.8. The number of amides is 2. The highest BCUT2D eigenvalue weighted by Gasteiger charge is 2.34. The molecule has 0 radical (unpaired) electrons. The van der Waals surface area contributed by atoms with E-state index in [4.69, 9.17) is 0 Å². The van der Waals surface area contributed by atoms with Crippen molar-refractivity contribution < 1.29 is 18.0 Å². The predicted octanol–water partition coefficient (Wildman–Crippen LogP) is 6.03. The Morgan fingerprint density at radius 2 is 1.21 bits per heavy atom. The summed E-state index contributed by atoms with van der Waals surface area (Å²) in [5.74, 6) is 2.50. The zero-order chi connectivity index (χ0) is 27.0. The molecule has 2 amide bonds. The van der Waals surface area contributed by atoms with Crippen molar-refractivity contribution in [1.29, 1.82) is 0 Å². The van der Waals surface area contributed by atoms with Crippen LogP contribution in [-0.2, 0) is 19.4 Å². The van der Waals surface area contributed by atoms with E-state index in [9.17, 15) is 18.0 Å². The molecular formula is C31H54N2O4S. The third-order valence-electron chi connectivity index (χ3n) is 10.3. The average molecular weight is 551 g/mol. The first kappa shape index (κ1) is 29.9. The second kappa shape index (κ2) is 14.5. The van der Waals surface area contributed by atoms with Gasteiger partial charge in [0, 0.05) is 37.2 Å². The van der Waals surface area contributed by atoms with Crippen LogP contribution in [0.2, 0.25) is 0 Å². The molecule has 0 aromatic carbocycles. The summed E-state index contributed by atoms with van der Waals surface area (Å²) in [6.07, 6.45) is 20.2. The topological polar surface area (TPSA) is 83.5 Å². The van der Waals surface area contributed by atoms with Crippen LogP contribution in [0.1, 0.15) is 129 Å². The lowest BCUT2D eigenvalue weighted by Crippen LogP contribution is -2.45. The molecule has 0 aromatic rings. The largest absolute Gasteiger partial charge is 0.353 e. The van der Waals surface area contributed by atoms with Crippen molar-refractivity contribution >= 4 is 21.7 Å². The Bertz CT molecular complexity index is 827. The fraction of sp³-hybridized carbons (Fsp3) is 0.935.